The highest BCUT2D eigenvalue weighted by molar-refractivity contribution is 5.94. The van der Waals surface area contributed by atoms with Crippen LogP contribution in [0.15, 0.2) is 24.3 Å². The third kappa shape index (κ3) is 3.64. The summed E-state index contributed by atoms with van der Waals surface area (Å²) < 4.78 is 7.05. The summed E-state index contributed by atoms with van der Waals surface area (Å²) >= 11 is 0. The molecule has 0 saturated heterocycles. The Balaban J connectivity index is 1.52. The fourth-order valence-electron chi connectivity index (χ4n) is 4.32. The molecule has 0 spiro atoms. The maximum Gasteiger partial charge on any atom is 0.274 e. The zero-order chi connectivity index (χ0) is 18.8. The van der Waals surface area contributed by atoms with Crippen molar-refractivity contribution < 1.29 is 9.53 Å². The minimum atomic E-state index is 0.0684. The molecule has 2 aromatic rings. The lowest BCUT2D eigenvalue weighted by Crippen LogP contribution is -2.39. The first-order chi connectivity index (χ1) is 13.2. The summed E-state index contributed by atoms with van der Waals surface area (Å²) in [7, 11) is 3.68. The molecular weight excluding hydrogens is 340 g/mol. The lowest BCUT2D eigenvalue weighted by molar-refractivity contribution is 0.0726. The Kier molecular flexibility index (Phi) is 5.27. The summed E-state index contributed by atoms with van der Waals surface area (Å²) in [6.07, 6.45) is 3.80. The summed E-state index contributed by atoms with van der Waals surface area (Å²) in [6.45, 7) is 2.98. The zero-order valence-corrected chi connectivity index (χ0v) is 16.2. The number of ether oxygens (including phenoxy) is 1. The molecule has 1 aromatic carbocycles. The van der Waals surface area contributed by atoms with E-state index in [1.54, 1.807) is 7.11 Å². The average molecular weight is 368 g/mol. The van der Waals surface area contributed by atoms with Crippen LogP contribution >= 0.6 is 0 Å². The normalized spacial score (nSPS) is 18.9. The third-order valence-electron chi connectivity index (χ3n) is 5.81. The molecule has 6 heteroatoms. The summed E-state index contributed by atoms with van der Waals surface area (Å²) in [5.74, 6) is 0.0684. The summed E-state index contributed by atoms with van der Waals surface area (Å²) in [6, 6.07) is 8.79. The first kappa shape index (κ1) is 18.2. The van der Waals surface area contributed by atoms with Gasteiger partial charge in [0.1, 0.15) is 0 Å². The van der Waals surface area contributed by atoms with E-state index < -0.39 is 0 Å². The van der Waals surface area contributed by atoms with Crippen LogP contribution in [0.3, 0.4) is 0 Å². The molecular formula is C21H28N4O2. The molecule has 2 aliphatic rings. The van der Waals surface area contributed by atoms with Gasteiger partial charge in [-0.3, -0.25) is 9.48 Å². The number of benzene rings is 1. The second kappa shape index (κ2) is 7.82. The molecule has 1 aliphatic carbocycles. The van der Waals surface area contributed by atoms with E-state index in [9.17, 15) is 4.79 Å². The van der Waals surface area contributed by atoms with Crippen LogP contribution in [0.1, 0.15) is 39.3 Å². The summed E-state index contributed by atoms with van der Waals surface area (Å²) in [5, 5.41) is 8.17. The van der Waals surface area contributed by atoms with Gasteiger partial charge in [0, 0.05) is 51.1 Å². The first-order valence-electron chi connectivity index (χ1n) is 9.80. The molecule has 0 radical (unpaired) electrons. The molecule has 1 amide bonds. The fourth-order valence-corrected chi connectivity index (χ4v) is 4.32. The summed E-state index contributed by atoms with van der Waals surface area (Å²) in [5.41, 5.74) is 5.58. The van der Waals surface area contributed by atoms with Gasteiger partial charge in [0.05, 0.1) is 6.61 Å². The van der Waals surface area contributed by atoms with Gasteiger partial charge in [-0.2, -0.15) is 5.10 Å². The van der Waals surface area contributed by atoms with Crippen LogP contribution in [-0.2, 0) is 37.6 Å². The SMILES string of the molecule is COCCNC1CCc2c(c(C(=O)N3CCc4ccccc4C3)nn2C)C1. The fraction of sp³-hybridized carbons (Fsp3) is 0.524. The number of carbonyl (C=O) groups is 1. The van der Waals surface area contributed by atoms with Crippen molar-refractivity contribution in [1.82, 2.24) is 20.0 Å². The van der Waals surface area contributed by atoms with Crippen molar-refractivity contribution in [1.29, 1.82) is 0 Å². The van der Waals surface area contributed by atoms with Gasteiger partial charge < -0.3 is 15.0 Å². The Labute approximate surface area is 160 Å². The van der Waals surface area contributed by atoms with Crippen LogP contribution in [0.25, 0.3) is 0 Å². The summed E-state index contributed by atoms with van der Waals surface area (Å²) in [4.78, 5) is 15.2. The van der Waals surface area contributed by atoms with Gasteiger partial charge >= 0.3 is 0 Å². The molecule has 1 atom stereocenters. The van der Waals surface area contributed by atoms with Crippen LogP contribution in [0, 0.1) is 0 Å². The van der Waals surface area contributed by atoms with Crippen LogP contribution in [0.2, 0.25) is 0 Å². The lowest BCUT2D eigenvalue weighted by atomic mass is 9.90. The molecule has 144 valence electrons. The van der Waals surface area contributed by atoms with E-state index in [1.165, 1.54) is 16.8 Å². The van der Waals surface area contributed by atoms with Crippen LogP contribution in [-0.4, -0.2) is 53.4 Å². The molecule has 1 aliphatic heterocycles. The van der Waals surface area contributed by atoms with Gasteiger partial charge in [0.15, 0.2) is 5.69 Å². The van der Waals surface area contributed by atoms with Crippen LogP contribution < -0.4 is 5.32 Å². The van der Waals surface area contributed by atoms with Crippen molar-refractivity contribution in [2.75, 3.05) is 26.8 Å². The van der Waals surface area contributed by atoms with Gasteiger partial charge in [-0.25, -0.2) is 0 Å². The van der Waals surface area contributed by atoms with E-state index in [0.29, 0.717) is 24.9 Å². The Hall–Kier alpha value is -2.18. The quantitative estimate of drug-likeness (QED) is 0.817. The molecule has 0 saturated carbocycles. The number of aryl methyl sites for hydroxylation is 1. The van der Waals surface area contributed by atoms with Crippen molar-refractivity contribution in [2.45, 2.75) is 38.3 Å². The molecule has 0 fully saturated rings. The monoisotopic (exact) mass is 368 g/mol. The third-order valence-corrected chi connectivity index (χ3v) is 5.81. The molecule has 27 heavy (non-hydrogen) atoms. The number of hydrogen-bond acceptors (Lipinski definition) is 4. The predicted octanol–water partition coefficient (Wildman–Crippen LogP) is 1.71. The number of nitrogens with one attached hydrogen (secondary N) is 1. The highest BCUT2D eigenvalue weighted by Gasteiger charge is 2.31. The minimum Gasteiger partial charge on any atom is -0.383 e. The van der Waals surface area contributed by atoms with E-state index in [4.69, 9.17) is 4.74 Å². The number of rotatable bonds is 5. The van der Waals surface area contributed by atoms with Crippen molar-refractivity contribution >= 4 is 5.91 Å². The number of fused-ring (bicyclic) bond motifs is 2. The van der Waals surface area contributed by atoms with Crippen molar-refractivity contribution in [3.8, 4) is 0 Å². The molecule has 0 bridgehead atoms. The maximum absolute atomic E-state index is 13.3. The Morgan fingerprint density at radius 1 is 1.30 bits per heavy atom. The molecule has 2 heterocycles. The number of nitrogens with zero attached hydrogens (tertiary/aromatic N) is 3. The van der Waals surface area contributed by atoms with Gasteiger partial charge in [-0.1, -0.05) is 24.3 Å². The van der Waals surface area contributed by atoms with Crippen LogP contribution in [0.5, 0.6) is 0 Å². The van der Waals surface area contributed by atoms with E-state index in [0.717, 1.165) is 44.3 Å². The second-order valence-electron chi connectivity index (χ2n) is 7.53. The van der Waals surface area contributed by atoms with Gasteiger partial charge in [-0.15, -0.1) is 0 Å². The maximum atomic E-state index is 13.3. The number of hydrogen-bond donors (Lipinski definition) is 1. The first-order valence-corrected chi connectivity index (χ1v) is 9.80. The van der Waals surface area contributed by atoms with Crippen molar-refractivity contribution in [2.24, 2.45) is 7.05 Å². The Morgan fingerprint density at radius 2 is 2.11 bits per heavy atom. The number of methoxy groups -OCH3 is 1. The number of amides is 1. The Morgan fingerprint density at radius 3 is 2.93 bits per heavy atom. The highest BCUT2D eigenvalue weighted by Crippen LogP contribution is 2.27. The molecule has 1 unspecified atom stereocenters. The highest BCUT2D eigenvalue weighted by atomic mass is 16.5. The predicted molar refractivity (Wildman–Crippen MR) is 104 cm³/mol. The molecule has 1 N–H and O–H groups in total. The van der Waals surface area contributed by atoms with E-state index >= 15 is 0 Å². The van der Waals surface area contributed by atoms with Gasteiger partial charge in [0.25, 0.3) is 5.91 Å². The van der Waals surface area contributed by atoms with Crippen LogP contribution in [0.4, 0.5) is 0 Å². The largest absolute Gasteiger partial charge is 0.383 e. The molecule has 4 rings (SSSR count). The van der Waals surface area contributed by atoms with Crippen molar-refractivity contribution in [3.63, 3.8) is 0 Å². The number of carbonyl (C=O) groups excluding carboxylic acids is 1. The number of aromatic nitrogens is 2. The topological polar surface area (TPSA) is 59.4 Å². The van der Waals surface area contributed by atoms with Gasteiger partial charge in [-0.05, 0) is 36.8 Å². The minimum absolute atomic E-state index is 0.0684. The standard InChI is InChI=1S/C21H28N4O2/c1-24-19-8-7-17(22-10-12-27-2)13-18(19)20(23-24)21(26)25-11-9-15-5-3-4-6-16(15)14-25/h3-6,17,22H,7-14H2,1-2H3. The molecule has 6 nitrogen and oxygen atoms in total. The van der Waals surface area contributed by atoms with Gasteiger partial charge in [0.2, 0.25) is 0 Å². The molecule has 1 aromatic heterocycles. The van der Waals surface area contributed by atoms with E-state index in [-0.39, 0.29) is 5.91 Å². The second-order valence-corrected chi connectivity index (χ2v) is 7.53. The zero-order valence-electron chi connectivity index (χ0n) is 16.2. The Bertz CT molecular complexity index is 830. The van der Waals surface area contributed by atoms with E-state index in [2.05, 4.69) is 28.6 Å². The average Bonchev–Trinajstić information content (AvgIpc) is 3.03. The lowest BCUT2D eigenvalue weighted by Gasteiger charge is -2.29. The smallest absolute Gasteiger partial charge is 0.274 e. The van der Waals surface area contributed by atoms with E-state index in [1.807, 2.05) is 22.7 Å². The van der Waals surface area contributed by atoms with Crippen molar-refractivity contribution in [3.05, 3.63) is 52.3 Å².